The Kier molecular flexibility index (Phi) is 5.76. The van der Waals surface area contributed by atoms with Crippen LogP contribution in [0.4, 0.5) is 0 Å². The molecule has 0 saturated carbocycles. The zero-order chi connectivity index (χ0) is 13.7. The van der Waals surface area contributed by atoms with Crippen molar-refractivity contribution in [2.45, 2.75) is 25.8 Å². The van der Waals surface area contributed by atoms with Gasteiger partial charge in [-0.3, -0.25) is 4.79 Å². The summed E-state index contributed by atoms with van der Waals surface area (Å²) in [4.78, 5) is 14.1. The largest absolute Gasteiger partial charge is 0.341 e. The second-order valence-electron chi connectivity index (χ2n) is 5.10. The van der Waals surface area contributed by atoms with Crippen LogP contribution in [0.1, 0.15) is 24.8 Å². The van der Waals surface area contributed by atoms with Gasteiger partial charge in [0.1, 0.15) is 0 Å². The molecule has 104 valence electrons. The number of hydrogen-bond donors (Lipinski definition) is 0. The van der Waals surface area contributed by atoms with Crippen molar-refractivity contribution in [2.75, 3.05) is 18.6 Å². The summed E-state index contributed by atoms with van der Waals surface area (Å²) < 4.78 is 1.07. The molecule has 1 heterocycles. The molecule has 1 aliphatic rings. The first-order chi connectivity index (χ1) is 9.16. The minimum atomic E-state index is 0.271. The Hall–Kier alpha value is -0.480. The fourth-order valence-corrected chi connectivity index (χ4v) is 3.94. The van der Waals surface area contributed by atoms with E-state index in [0.29, 0.717) is 18.9 Å². The van der Waals surface area contributed by atoms with Crippen LogP contribution in [0, 0.1) is 5.92 Å². The number of halogens is 1. The Bertz CT molecular complexity index is 432. The smallest absolute Gasteiger partial charge is 0.222 e. The summed E-state index contributed by atoms with van der Waals surface area (Å²) in [6, 6.07) is 8.09. The number of rotatable bonds is 4. The van der Waals surface area contributed by atoms with Gasteiger partial charge in [-0.05, 0) is 41.9 Å². The van der Waals surface area contributed by atoms with Gasteiger partial charge in [0.05, 0.1) is 0 Å². The number of benzene rings is 1. The van der Waals surface area contributed by atoms with Crippen LogP contribution in [0.2, 0.25) is 0 Å². The van der Waals surface area contributed by atoms with Crippen LogP contribution in [-0.2, 0) is 11.3 Å². The third kappa shape index (κ3) is 4.53. The molecule has 0 bridgehead atoms. The zero-order valence-electron chi connectivity index (χ0n) is 11.3. The average molecular weight is 342 g/mol. The third-order valence-electron chi connectivity index (χ3n) is 3.60. The van der Waals surface area contributed by atoms with Gasteiger partial charge in [-0.15, -0.1) is 0 Å². The summed E-state index contributed by atoms with van der Waals surface area (Å²) in [5.41, 5.74) is 1.16. The van der Waals surface area contributed by atoms with E-state index in [2.05, 4.69) is 22.0 Å². The predicted octanol–water partition coefficient (Wildman–Crippen LogP) is 3.94. The monoisotopic (exact) mass is 341 g/mol. The molecule has 1 saturated heterocycles. The Balaban J connectivity index is 1.87. The van der Waals surface area contributed by atoms with Gasteiger partial charge in [0, 0.05) is 24.5 Å². The average Bonchev–Trinajstić information content (AvgIpc) is 2.42. The van der Waals surface area contributed by atoms with E-state index in [-0.39, 0.29) is 5.91 Å². The van der Waals surface area contributed by atoms with Crippen molar-refractivity contribution in [1.82, 2.24) is 4.90 Å². The maximum Gasteiger partial charge on any atom is 0.222 e. The van der Waals surface area contributed by atoms with Crippen molar-refractivity contribution in [3.8, 4) is 0 Å². The first-order valence-corrected chi connectivity index (χ1v) is 8.66. The van der Waals surface area contributed by atoms with E-state index in [1.165, 1.54) is 24.3 Å². The quantitative estimate of drug-likeness (QED) is 0.826. The Morgan fingerprint density at radius 1 is 1.37 bits per heavy atom. The summed E-state index contributed by atoms with van der Waals surface area (Å²) >= 11 is 5.54. The maximum atomic E-state index is 12.2. The lowest BCUT2D eigenvalue weighted by Crippen LogP contribution is -2.29. The molecule has 19 heavy (non-hydrogen) atoms. The van der Waals surface area contributed by atoms with Crippen LogP contribution in [-0.4, -0.2) is 29.4 Å². The van der Waals surface area contributed by atoms with Crippen LogP contribution in [0.3, 0.4) is 0 Å². The van der Waals surface area contributed by atoms with Crippen LogP contribution < -0.4 is 0 Å². The van der Waals surface area contributed by atoms with Crippen LogP contribution >= 0.6 is 27.7 Å². The first-order valence-electron chi connectivity index (χ1n) is 6.72. The van der Waals surface area contributed by atoms with E-state index in [4.69, 9.17) is 0 Å². The molecule has 0 radical (unpaired) electrons. The topological polar surface area (TPSA) is 20.3 Å². The number of amides is 1. The molecule has 2 rings (SSSR count). The SMILES string of the molecule is CN(Cc1ccccc1Br)C(=O)CC1CCSCC1. The molecule has 1 fully saturated rings. The van der Waals surface area contributed by atoms with E-state index in [1.807, 2.05) is 41.9 Å². The highest BCUT2D eigenvalue weighted by Crippen LogP contribution is 2.26. The molecule has 1 aliphatic heterocycles. The molecule has 1 amide bonds. The van der Waals surface area contributed by atoms with Crippen molar-refractivity contribution in [1.29, 1.82) is 0 Å². The lowest BCUT2D eigenvalue weighted by Gasteiger charge is -2.24. The summed E-state index contributed by atoms with van der Waals surface area (Å²) in [5.74, 6) is 3.29. The van der Waals surface area contributed by atoms with Crippen molar-refractivity contribution >= 4 is 33.6 Å². The van der Waals surface area contributed by atoms with E-state index in [9.17, 15) is 4.79 Å². The van der Waals surface area contributed by atoms with Crippen LogP contribution in [0.15, 0.2) is 28.7 Å². The molecule has 0 atom stereocenters. The van der Waals surface area contributed by atoms with Crippen molar-refractivity contribution < 1.29 is 4.79 Å². The van der Waals surface area contributed by atoms with Gasteiger partial charge in [-0.25, -0.2) is 0 Å². The summed E-state index contributed by atoms with van der Waals surface area (Å²) in [5, 5.41) is 0. The van der Waals surface area contributed by atoms with Crippen molar-refractivity contribution in [3.63, 3.8) is 0 Å². The number of hydrogen-bond acceptors (Lipinski definition) is 2. The van der Waals surface area contributed by atoms with Gasteiger partial charge >= 0.3 is 0 Å². The van der Waals surface area contributed by atoms with Gasteiger partial charge < -0.3 is 4.90 Å². The molecular weight excluding hydrogens is 322 g/mol. The highest BCUT2D eigenvalue weighted by Gasteiger charge is 2.19. The van der Waals surface area contributed by atoms with E-state index in [0.717, 1.165) is 10.0 Å². The van der Waals surface area contributed by atoms with Gasteiger partial charge in [-0.1, -0.05) is 34.1 Å². The second kappa shape index (κ2) is 7.34. The standard InChI is InChI=1S/C15H20BrNOS/c1-17(11-13-4-2-3-5-14(13)16)15(18)10-12-6-8-19-9-7-12/h2-5,12H,6-11H2,1H3. The van der Waals surface area contributed by atoms with E-state index in [1.54, 1.807) is 0 Å². The molecule has 4 heteroatoms. The van der Waals surface area contributed by atoms with Gasteiger partial charge in [0.25, 0.3) is 0 Å². The summed E-state index contributed by atoms with van der Waals surface area (Å²) in [6.45, 7) is 0.682. The second-order valence-corrected chi connectivity index (χ2v) is 7.18. The number of carbonyl (C=O) groups excluding carboxylic acids is 1. The van der Waals surface area contributed by atoms with Gasteiger partial charge in [0.15, 0.2) is 0 Å². The Labute approximate surface area is 128 Å². The van der Waals surface area contributed by atoms with Crippen LogP contribution in [0.5, 0.6) is 0 Å². The maximum absolute atomic E-state index is 12.2. The molecule has 1 aromatic rings. The summed E-state index contributed by atoms with van der Waals surface area (Å²) in [7, 11) is 1.90. The third-order valence-corrected chi connectivity index (χ3v) is 5.42. The minimum absolute atomic E-state index is 0.271. The van der Waals surface area contributed by atoms with Crippen molar-refractivity contribution in [2.24, 2.45) is 5.92 Å². The fourth-order valence-electron chi connectivity index (χ4n) is 2.32. The molecule has 0 aromatic heterocycles. The first kappa shape index (κ1) is 14.9. The lowest BCUT2D eigenvalue weighted by molar-refractivity contribution is -0.131. The predicted molar refractivity (Wildman–Crippen MR) is 85.3 cm³/mol. The Morgan fingerprint density at radius 2 is 2.05 bits per heavy atom. The highest BCUT2D eigenvalue weighted by molar-refractivity contribution is 9.10. The van der Waals surface area contributed by atoms with Crippen molar-refractivity contribution in [3.05, 3.63) is 34.3 Å². The van der Waals surface area contributed by atoms with E-state index >= 15 is 0 Å². The van der Waals surface area contributed by atoms with Crippen LogP contribution in [0.25, 0.3) is 0 Å². The lowest BCUT2D eigenvalue weighted by atomic mass is 9.98. The molecule has 2 nitrogen and oxygen atoms in total. The van der Waals surface area contributed by atoms with E-state index < -0.39 is 0 Å². The normalized spacial score (nSPS) is 16.3. The highest BCUT2D eigenvalue weighted by atomic mass is 79.9. The zero-order valence-corrected chi connectivity index (χ0v) is 13.7. The molecule has 0 spiro atoms. The number of carbonyl (C=O) groups is 1. The number of nitrogens with zero attached hydrogens (tertiary/aromatic N) is 1. The Morgan fingerprint density at radius 3 is 2.74 bits per heavy atom. The number of thioether (sulfide) groups is 1. The molecule has 0 N–H and O–H groups in total. The van der Waals surface area contributed by atoms with Gasteiger partial charge in [-0.2, -0.15) is 11.8 Å². The minimum Gasteiger partial charge on any atom is -0.341 e. The fraction of sp³-hybridized carbons (Fsp3) is 0.533. The summed E-state index contributed by atoms with van der Waals surface area (Å²) in [6.07, 6.45) is 3.10. The van der Waals surface area contributed by atoms with Gasteiger partial charge in [0.2, 0.25) is 5.91 Å². The molecule has 1 aromatic carbocycles. The molecule has 0 unspecified atom stereocenters. The molecular formula is C15H20BrNOS. The molecule has 0 aliphatic carbocycles.